The van der Waals surface area contributed by atoms with E-state index in [0.29, 0.717) is 11.8 Å². The molecule has 3 fully saturated rings. The Morgan fingerprint density at radius 2 is 2.00 bits per heavy atom. The molecule has 0 amide bonds. The predicted octanol–water partition coefficient (Wildman–Crippen LogP) is 4.93. The van der Waals surface area contributed by atoms with Crippen molar-refractivity contribution in [1.29, 1.82) is 0 Å². The minimum atomic E-state index is -2.35. The van der Waals surface area contributed by atoms with Gasteiger partial charge in [-0.25, -0.2) is 18.0 Å². The molecular formula is C27H29F3O6S. The fraction of sp³-hybridized carbons (Fsp3) is 0.593. The van der Waals surface area contributed by atoms with Crippen molar-refractivity contribution in [2.75, 3.05) is 6.01 Å². The molecule has 0 spiro atoms. The van der Waals surface area contributed by atoms with Gasteiger partial charge in [0.15, 0.2) is 17.1 Å². The smallest absolute Gasteiger partial charge is 0.375 e. The van der Waals surface area contributed by atoms with Crippen LogP contribution in [0.25, 0.3) is 0 Å². The topological polar surface area (TPSA) is 93.8 Å². The van der Waals surface area contributed by atoms with Gasteiger partial charge in [0.05, 0.1) is 12.4 Å². The maximum Gasteiger partial charge on any atom is 0.375 e. The van der Waals surface area contributed by atoms with Gasteiger partial charge < -0.3 is 14.3 Å². The number of rotatable bonds is 4. The second-order valence-corrected chi connectivity index (χ2v) is 12.0. The Morgan fingerprint density at radius 3 is 2.65 bits per heavy atom. The number of alkyl halides is 3. The molecule has 0 radical (unpaired) electrons. The molecule has 3 saturated carbocycles. The van der Waals surface area contributed by atoms with E-state index in [1.54, 1.807) is 13.8 Å². The normalized spacial score (nSPS) is 44.5. The fourth-order valence-corrected chi connectivity index (χ4v) is 8.76. The Kier molecular flexibility index (Phi) is 6.10. The molecule has 37 heavy (non-hydrogen) atoms. The number of furan rings is 1. The second kappa shape index (κ2) is 8.59. The molecule has 1 heterocycles. The number of hydrogen-bond acceptors (Lipinski definition) is 7. The van der Waals surface area contributed by atoms with Crippen molar-refractivity contribution in [3.63, 3.8) is 0 Å². The van der Waals surface area contributed by atoms with Gasteiger partial charge in [0.1, 0.15) is 12.2 Å². The average molecular weight is 539 g/mol. The molecule has 5 rings (SSSR count). The van der Waals surface area contributed by atoms with Gasteiger partial charge in [-0.3, -0.25) is 9.59 Å². The van der Waals surface area contributed by atoms with Crippen molar-refractivity contribution in [3.05, 3.63) is 48.0 Å². The number of thioether (sulfide) groups is 1. The van der Waals surface area contributed by atoms with E-state index in [4.69, 9.17) is 9.15 Å². The van der Waals surface area contributed by atoms with Crippen molar-refractivity contribution in [3.8, 4) is 0 Å². The first-order chi connectivity index (χ1) is 17.4. The van der Waals surface area contributed by atoms with Crippen LogP contribution in [0.4, 0.5) is 13.2 Å². The van der Waals surface area contributed by atoms with E-state index in [1.807, 2.05) is 0 Å². The summed E-state index contributed by atoms with van der Waals surface area (Å²) in [5.74, 6) is -3.98. The fourth-order valence-electron chi connectivity index (χ4n) is 7.97. The van der Waals surface area contributed by atoms with Crippen molar-refractivity contribution >= 4 is 28.6 Å². The van der Waals surface area contributed by atoms with Crippen LogP contribution in [0.2, 0.25) is 0 Å². The molecule has 4 aliphatic rings. The number of fused-ring (bicyclic) bond motifs is 5. The second-order valence-electron chi connectivity index (χ2n) is 11.1. The summed E-state index contributed by atoms with van der Waals surface area (Å²) < 4.78 is 57.5. The van der Waals surface area contributed by atoms with Crippen LogP contribution in [0, 0.1) is 28.6 Å². The number of aliphatic hydroxyl groups is 1. The Labute approximate surface area is 216 Å². The lowest BCUT2D eigenvalue weighted by Crippen LogP contribution is -2.70. The molecule has 1 N–H and O–H groups in total. The summed E-state index contributed by atoms with van der Waals surface area (Å²) >= 11 is 0.352. The lowest BCUT2D eigenvalue weighted by atomic mass is 9.44. The Balaban J connectivity index is 1.64. The maximum absolute atomic E-state index is 17.4. The number of carbonyl (C=O) groups excluding carboxylic acids is 3. The van der Waals surface area contributed by atoms with Crippen molar-refractivity contribution in [1.82, 2.24) is 0 Å². The van der Waals surface area contributed by atoms with Crippen molar-refractivity contribution in [2.24, 2.45) is 28.6 Å². The molecule has 200 valence electrons. The van der Waals surface area contributed by atoms with Crippen LogP contribution in [0.15, 0.2) is 46.6 Å². The van der Waals surface area contributed by atoms with Gasteiger partial charge in [-0.05, 0) is 73.7 Å². The monoisotopic (exact) mass is 538 g/mol. The third-order valence-electron chi connectivity index (χ3n) is 9.63. The number of ketones is 1. The standard InChI is InChI=1S/C27H29F3O6S/c1-14-9-16-17-11-19(29)18-10-15(31)6-7-24(18,2)26(17,30)21(32)12-25(16,3)27(14,23(34)37-13-28)36-22(33)20-5-4-8-35-20/h4-8,10,14,16-17,19,21,32H,9,11-13H2,1-3H3/t14-,16?,17?,19+,21?,24?,25?,26+,27?/m1/s1. The molecule has 9 atom stereocenters. The molecule has 6 unspecified atom stereocenters. The largest absolute Gasteiger partial charge is 0.457 e. The minimum Gasteiger partial charge on any atom is -0.457 e. The summed E-state index contributed by atoms with van der Waals surface area (Å²) in [6.45, 7) is 4.79. The van der Waals surface area contributed by atoms with Crippen molar-refractivity contribution < 1.29 is 41.8 Å². The molecule has 1 aromatic rings. The molecule has 10 heteroatoms. The lowest BCUT2D eigenvalue weighted by Gasteiger charge is -2.63. The number of halogens is 3. The number of aliphatic hydroxyl groups excluding tert-OH is 1. The summed E-state index contributed by atoms with van der Waals surface area (Å²) in [5, 5.41) is 10.7. The quantitative estimate of drug-likeness (QED) is 0.544. The van der Waals surface area contributed by atoms with Gasteiger partial charge in [0.25, 0.3) is 0 Å². The molecule has 6 nitrogen and oxygen atoms in total. The maximum atomic E-state index is 17.4. The van der Waals surface area contributed by atoms with E-state index >= 15 is 8.78 Å². The zero-order valence-electron chi connectivity index (χ0n) is 20.7. The molecule has 0 aromatic carbocycles. The van der Waals surface area contributed by atoms with E-state index in [9.17, 15) is 23.9 Å². The minimum absolute atomic E-state index is 0.00739. The number of carbonyl (C=O) groups is 3. The average Bonchev–Trinajstić information content (AvgIpc) is 3.45. The Morgan fingerprint density at radius 1 is 1.27 bits per heavy atom. The highest BCUT2D eigenvalue weighted by molar-refractivity contribution is 8.13. The number of allylic oxidation sites excluding steroid dienone is 4. The summed E-state index contributed by atoms with van der Waals surface area (Å²) in [4.78, 5) is 38.7. The third kappa shape index (κ3) is 3.27. The van der Waals surface area contributed by atoms with E-state index in [2.05, 4.69) is 0 Å². The number of esters is 1. The summed E-state index contributed by atoms with van der Waals surface area (Å²) in [6.07, 6.45) is 1.16. The van der Waals surface area contributed by atoms with Crippen LogP contribution in [-0.2, 0) is 14.3 Å². The Hall–Kier alpha value is -2.33. The highest BCUT2D eigenvalue weighted by atomic mass is 32.2. The molecule has 1 aromatic heterocycles. The summed E-state index contributed by atoms with van der Waals surface area (Å²) in [7, 11) is 0. The summed E-state index contributed by atoms with van der Waals surface area (Å²) in [6, 6.07) is 1.78. The predicted molar refractivity (Wildman–Crippen MR) is 129 cm³/mol. The van der Waals surface area contributed by atoms with Crippen LogP contribution in [0.1, 0.15) is 50.6 Å². The zero-order chi connectivity index (χ0) is 27.0. The van der Waals surface area contributed by atoms with Crippen LogP contribution in [0.3, 0.4) is 0 Å². The SMILES string of the molecule is C[C@@H]1CC2C3C[C@H](F)C4=CC(=O)C=CC4(C)[C@@]3(F)C(O)CC2(C)C1(OC(=O)c1ccco1)C(=O)SCF. The van der Waals surface area contributed by atoms with E-state index in [-0.39, 0.29) is 30.6 Å². The molecule has 0 bridgehead atoms. The highest BCUT2D eigenvalue weighted by Gasteiger charge is 2.78. The Bertz CT molecular complexity index is 1200. The van der Waals surface area contributed by atoms with Crippen LogP contribution in [0.5, 0.6) is 0 Å². The van der Waals surface area contributed by atoms with Gasteiger partial charge in [0.2, 0.25) is 10.9 Å². The molecular weight excluding hydrogens is 509 g/mol. The van der Waals surface area contributed by atoms with Gasteiger partial charge in [-0.15, -0.1) is 0 Å². The van der Waals surface area contributed by atoms with Crippen molar-refractivity contribution in [2.45, 2.75) is 63.6 Å². The van der Waals surface area contributed by atoms with Gasteiger partial charge >= 0.3 is 5.97 Å². The van der Waals surface area contributed by atoms with Crippen LogP contribution in [-0.4, -0.2) is 51.5 Å². The van der Waals surface area contributed by atoms with Crippen LogP contribution < -0.4 is 0 Å². The number of hydrogen-bond donors (Lipinski definition) is 1. The lowest BCUT2D eigenvalue weighted by molar-refractivity contribution is -0.221. The van der Waals surface area contributed by atoms with Gasteiger partial charge in [-0.1, -0.05) is 19.9 Å². The highest BCUT2D eigenvalue weighted by Crippen LogP contribution is 2.72. The number of ether oxygens (including phenoxy) is 1. The van der Waals surface area contributed by atoms with Gasteiger partial charge in [-0.2, -0.15) is 0 Å². The van der Waals surface area contributed by atoms with E-state index < -0.39 is 75.0 Å². The molecule has 0 aliphatic heterocycles. The van der Waals surface area contributed by atoms with Gasteiger partial charge in [0, 0.05) is 22.7 Å². The molecule has 0 saturated heterocycles. The summed E-state index contributed by atoms with van der Waals surface area (Å²) in [5.41, 5.74) is -7.19. The van der Waals surface area contributed by atoms with E-state index in [1.165, 1.54) is 37.5 Å². The first kappa shape index (κ1) is 26.3. The first-order valence-corrected chi connectivity index (χ1v) is 13.3. The zero-order valence-corrected chi connectivity index (χ0v) is 21.5. The first-order valence-electron chi connectivity index (χ1n) is 12.3. The molecule has 4 aliphatic carbocycles. The van der Waals surface area contributed by atoms with E-state index in [0.717, 1.165) is 6.08 Å². The third-order valence-corrected chi connectivity index (χ3v) is 10.3. The van der Waals surface area contributed by atoms with Crippen LogP contribution >= 0.6 is 11.8 Å².